The Hall–Kier alpha value is -1.35. The summed E-state index contributed by atoms with van der Waals surface area (Å²) in [6, 6.07) is 10.2. The first kappa shape index (κ1) is 11.1. The third-order valence-corrected chi connectivity index (χ3v) is 3.20. The van der Waals surface area contributed by atoms with Crippen molar-refractivity contribution in [1.82, 2.24) is 4.90 Å². The molecule has 2 rings (SSSR count). The van der Waals surface area contributed by atoms with Gasteiger partial charge in [-0.1, -0.05) is 30.3 Å². The van der Waals surface area contributed by atoms with Gasteiger partial charge < -0.3 is 10.6 Å². The topological polar surface area (TPSA) is 46.3 Å². The molecule has 1 fully saturated rings. The van der Waals surface area contributed by atoms with Gasteiger partial charge in [-0.3, -0.25) is 4.79 Å². The summed E-state index contributed by atoms with van der Waals surface area (Å²) >= 11 is 0. The summed E-state index contributed by atoms with van der Waals surface area (Å²) in [6.45, 7) is 3.48. The molecule has 3 nitrogen and oxygen atoms in total. The smallest absolute Gasteiger partial charge is 0.223 e. The molecule has 86 valence electrons. The van der Waals surface area contributed by atoms with Crippen LogP contribution in [0, 0.1) is 5.92 Å². The Morgan fingerprint density at radius 3 is 2.69 bits per heavy atom. The van der Waals surface area contributed by atoms with Crippen molar-refractivity contribution in [3.05, 3.63) is 35.9 Å². The molecule has 1 aliphatic heterocycles. The maximum atomic E-state index is 11.8. The van der Waals surface area contributed by atoms with Crippen LogP contribution < -0.4 is 5.73 Å². The maximum absolute atomic E-state index is 11.8. The van der Waals surface area contributed by atoms with E-state index in [1.54, 1.807) is 0 Å². The van der Waals surface area contributed by atoms with Crippen LogP contribution in [-0.2, 0) is 11.3 Å². The van der Waals surface area contributed by atoms with Gasteiger partial charge in [-0.05, 0) is 12.5 Å². The first-order chi connectivity index (χ1) is 7.66. The fourth-order valence-electron chi connectivity index (χ4n) is 2.11. The van der Waals surface area contributed by atoms with Gasteiger partial charge in [0.1, 0.15) is 0 Å². The van der Waals surface area contributed by atoms with E-state index < -0.39 is 0 Å². The zero-order valence-corrected chi connectivity index (χ0v) is 9.60. The number of likely N-dealkylation sites (tertiary alicyclic amines) is 1. The Bertz CT molecular complexity index is 361. The lowest BCUT2D eigenvalue weighted by Crippen LogP contribution is -2.30. The maximum Gasteiger partial charge on any atom is 0.223 e. The van der Waals surface area contributed by atoms with Crippen molar-refractivity contribution in [2.45, 2.75) is 25.9 Å². The summed E-state index contributed by atoms with van der Waals surface area (Å²) in [5.41, 5.74) is 7.02. The predicted molar refractivity (Wildman–Crippen MR) is 63.6 cm³/mol. The summed E-state index contributed by atoms with van der Waals surface area (Å²) in [4.78, 5) is 13.7. The lowest BCUT2D eigenvalue weighted by atomic mass is 10.0. The van der Waals surface area contributed by atoms with E-state index in [4.69, 9.17) is 5.73 Å². The Morgan fingerprint density at radius 1 is 1.44 bits per heavy atom. The van der Waals surface area contributed by atoms with Gasteiger partial charge in [-0.25, -0.2) is 0 Å². The number of nitrogens with two attached hydrogens (primary N) is 1. The summed E-state index contributed by atoms with van der Waals surface area (Å²) in [7, 11) is 0. The monoisotopic (exact) mass is 218 g/mol. The molecule has 0 saturated carbocycles. The molecule has 0 unspecified atom stereocenters. The van der Waals surface area contributed by atoms with Crippen LogP contribution >= 0.6 is 0 Å². The van der Waals surface area contributed by atoms with Crippen molar-refractivity contribution in [3.63, 3.8) is 0 Å². The van der Waals surface area contributed by atoms with Crippen LogP contribution in [0.25, 0.3) is 0 Å². The second-order valence-corrected chi connectivity index (χ2v) is 4.58. The molecular formula is C13H18N2O. The summed E-state index contributed by atoms with van der Waals surface area (Å²) in [5, 5.41) is 0. The van der Waals surface area contributed by atoms with Gasteiger partial charge >= 0.3 is 0 Å². The third-order valence-electron chi connectivity index (χ3n) is 3.20. The Balaban J connectivity index is 1.99. The standard InChI is InChI=1S/C13H18N2O/c1-10(14)12-7-13(16)15(9-12)8-11-5-3-2-4-6-11/h2-6,10,12H,7-9,14H2,1H3/t10-,12+/m0/s1. The highest BCUT2D eigenvalue weighted by Gasteiger charge is 2.31. The van der Waals surface area contributed by atoms with Gasteiger partial charge in [0.25, 0.3) is 0 Å². The third kappa shape index (κ3) is 2.42. The molecule has 1 aliphatic rings. The summed E-state index contributed by atoms with van der Waals surface area (Å²) in [6.07, 6.45) is 0.602. The number of rotatable bonds is 3. The van der Waals surface area contributed by atoms with Gasteiger partial charge in [0, 0.05) is 31.5 Å². The van der Waals surface area contributed by atoms with Crippen molar-refractivity contribution >= 4 is 5.91 Å². The first-order valence-corrected chi connectivity index (χ1v) is 5.74. The fourth-order valence-corrected chi connectivity index (χ4v) is 2.11. The number of amides is 1. The molecule has 0 aromatic heterocycles. The highest BCUT2D eigenvalue weighted by Crippen LogP contribution is 2.21. The molecule has 0 bridgehead atoms. The number of nitrogens with zero attached hydrogens (tertiary/aromatic N) is 1. The molecular weight excluding hydrogens is 200 g/mol. The van der Waals surface area contributed by atoms with Gasteiger partial charge in [0.15, 0.2) is 0 Å². The zero-order chi connectivity index (χ0) is 11.5. The van der Waals surface area contributed by atoms with E-state index >= 15 is 0 Å². The van der Waals surface area contributed by atoms with Crippen molar-refractivity contribution < 1.29 is 4.79 Å². The van der Waals surface area contributed by atoms with Gasteiger partial charge in [0.2, 0.25) is 5.91 Å². The first-order valence-electron chi connectivity index (χ1n) is 5.74. The second-order valence-electron chi connectivity index (χ2n) is 4.58. The van der Waals surface area contributed by atoms with Gasteiger partial charge in [-0.15, -0.1) is 0 Å². The van der Waals surface area contributed by atoms with Crippen molar-refractivity contribution in [1.29, 1.82) is 0 Å². The van der Waals surface area contributed by atoms with E-state index in [1.165, 1.54) is 5.56 Å². The molecule has 0 spiro atoms. The highest BCUT2D eigenvalue weighted by atomic mass is 16.2. The van der Waals surface area contributed by atoms with Gasteiger partial charge in [-0.2, -0.15) is 0 Å². The quantitative estimate of drug-likeness (QED) is 0.833. The fraction of sp³-hybridized carbons (Fsp3) is 0.462. The average molecular weight is 218 g/mol. The molecule has 1 aromatic rings. The Morgan fingerprint density at radius 2 is 2.12 bits per heavy atom. The molecule has 16 heavy (non-hydrogen) atoms. The number of benzene rings is 1. The molecule has 1 saturated heterocycles. The van der Waals surface area contributed by atoms with Gasteiger partial charge in [0.05, 0.1) is 0 Å². The van der Waals surface area contributed by atoms with Crippen LogP contribution in [0.3, 0.4) is 0 Å². The van der Waals surface area contributed by atoms with Crippen molar-refractivity contribution in [3.8, 4) is 0 Å². The molecule has 1 aromatic carbocycles. The van der Waals surface area contributed by atoms with E-state index in [0.717, 1.165) is 6.54 Å². The molecule has 1 amide bonds. The number of hydrogen-bond acceptors (Lipinski definition) is 2. The molecule has 2 atom stereocenters. The predicted octanol–water partition coefficient (Wildman–Crippen LogP) is 1.38. The van der Waals surface area contributed by atoms with Crippen molar-refractivity contribution in [2.75, 3.05) is 6.54 Å². The van der Waals surface area contributed by atoms with Crippen LogP contribution in [0.15, 0.2) is 30.3 Å². The molecule has 2 N–H and O–H groups in total. The molecule has 3 heteroatoms. The van der Waals surface area contributed by atoms with Crippen LogP contribution in [0.2, 0.25) is 0 Å². The zero-order valence-electron chi connectivity index (χ0n) is 9.60. The number of hydrogen-bond donors (Lipinski definition) is 1. The minimum Gasteiger partial charge on any atom is -0.338 e. The van der Waals surface area contributed by atoms with E-state index in [0.29, 0.717) is 18.9 Å². The lowest BCUT2D eigenvalue weighted by molar-refractivity contribution is -0.128. The highest BCUT2D eigenvalue weighted by molar-refractivity contribution is 5.78. The lowest BCUT2D eigenvalue weighted by Gasteiger charge is -2.18. The van der Waals surface area contributed by atoms with E-state index in [-0.39, 0.29) is 11.9 Å². The largest absolute Gasteiger partial charge is 0.338 e. The van der Waals surface area contributed by atoms with Crippen LogP contribution in [0.5, 0.6) is 0 Å². The summed E-state index contributed by atoms with van der Waals surface area (Å²) < 4.78 is 0. The Labute approximate surface area is 96.2 Å². The number of carbonyl (C=O) groups excluding carboxylic acids is 1. The molecule has 0 radical (unpaired) electrons. The minimum atomic E-state index is 0.102. The van der Waals surface area contributed by atoms with E-state index in [9.17, 15) is 4.79 Å². The number of carbonyl (C=O) groups is 1. The van der Waals surface area contributed by atoms with E-state index in [2.05, 4.69) is 0 Å². The Kier molecular flexibility index (Phi) is 3.25. The van der Waals surface area contributed by atoms with Crippen LogP contribution in [0.4, 0.5) is 0 Å². The molecule has 0 aliphatic carbocycles. The SMILES string of the molecule is C[C@H](N)[C@@H]1CC(=O)N(Cc2ccccc2)C1. The molecule has 1 heterocycles. The van der Waals surface area contributed by atoms with Crippen molar-refractivity contribution in [2.24, 2.45) is 11.7 Å². The second kappa shape index (κ2) is 4.66. The normalized spacial score (nSPS) is 22.5. The average Bonchev–Trinajstić information content (AvgIpc) is 2.62. The summed E-state index contributed by atoms with van der Waals surface area (Å²) in [5.74, 6) is 0.544. The minimum absolute atomic E-state index is 0.102. The van der Waals surface area contributed by atoms with Crippen LogP contribution in [0.1, 0.15) is 18.9 Å². The van der Waals surface area contributed by atoms with Crippen LogP contribution in [-0.4, -0.2) is 23.4 Å². The van der Waals surface area contributed by atoms with E-state index in [1.807, 2.05) is 42.2 Å².